The van der Waals surface area contributed by atoms with E-state index >= 15 is 0 Å². The first-order valence-electron chi connectivity index (χ1n) is 5.56. The van der Waals surface area contributed by atoms with Crippen LogP contribution in [0.3, 0.4) is 0 Å². The van der Waals surface area contributed by atoms with E-state index in [1.165, 1.54) is 13.1 Å². The number of aliphatic hydroxyl groups excluding tert-OH is 1. The highest BCUT2D eigenvalue weighted by molar-refractivity contribution is 5.96. The second-order valence-electron chi connectivity index (χ2n) is 3.79. The van der Waals surface area contributed by atoms with Gasteiger partial charge in [-0.15, -0.1) is 0 Å². The van der Waals surface area contributed by atoms with Crippen LogP contribution in [0.1, 0.15) is 35.7 Å². The third-order valence-electron chi connectivity index (χ3n) is 2.35. The summed E-state index contributed by atoms with van der Waals surface area (Å²) < 4.78 is 0. The minimum absolute atomic E-state index is 0.107. The summed E-state index contributed by atoms with van der Waals surface area (Å²) in [5.41, 5.74) is 1.51. The van der Waals surface area contributed by atoms with Crippen LogP contribution in [0.5, 0.6) is 0 Å². The van der Waals surface area contributed by atoms with Gasteiger partial charge >= 0.3 is 0 Å². The number of aryl methyl sites for hydroxylation is 1. The summed E-state index contributed by atoms with van der Waals surface area (Å²) in [7, 11) is 0. The Kier molecular flexibility index (Phi) is 5.36. The van der Waals surface area contributed by atoms with Gasteiger partial charge in [-0.05, 0) is 44.0 Å². The quantitative estimate of drug-likeness (QED) is 0.521. The van der Waals surface area contributed by atoms with Gasteiger partial charge in [0.25, 0.3) is 5.91 Å². The number of hydrogen-bond donors (Lipinski definition) is 3. The number of rotatable bonds is 6. The van der Waals surface area contributed by atoms with Crippen LogP contribution in [0.4, 0.5) is 0 Å². The molecule has 0 saturated heterocycles. The van der Waals surface area contributed by atoms with Crippen LogP contribution in [-0.2, 0) is 6.42 Å². The van der Waals surface area contributed by atoms with Crippen LogP contribution in [0.25, 0.3) is 0 Å². The molecule has 4 nitrogen and oxygen atoms in total. The molecule has 0 heterocycles. The molecule has 0 bridgehead atoms. The molecular formula is C13H17N2O2. The van der Waals surface area contributed by atoms with Gasteiger partial charge in [0.2, 0.25) is 0 Å². The predicted octanol–water partition coefficient (Wildman–Crippen LogP) is 2.27. The molecule has 91 valence electrons. The van der Waals surface area contributed by atoms with Crippen LogP contribution in [0.15, 0.2) is 24.3 Å². The number of benzene rings is 1. The number of aliphatic hydroxyl groups is 1. The Morgan fingerprint density at radius 1 is 1.47 bits per heavy atom. The van der Waals surface area contributed by atoms with Crippen molar-refractivity contribution in [3.8, 4) is 0 Å². The van der Waals surface area contributed by atoms with Crippen LogP contribution in [-0.4, -0.2) is 17.2 Å². The Bertz CT molecular complexity index is 389. The minimum atomic E-state index is -0.296. The summed E-state index contributed by atoms with van der Waals surface area (Å²) in [5, 5.41) is 18.4. The first kappa shape index (κ1) is 13.4. The van der Waals surface area contributed by atoms with Crippen molar-refractivity contribution in [2.45, 2.75) is 26.2 Å². The maximum Gasteiger partial charge on any atom is 0.253 e. The van der Waals surface area contributed by atoms with Crippen molar-refractivity contribution >= 4 is 12.1 Å². The van der Waals surface area contributed by atoms with Crippen LogP contribution < -0.4 is 5.32 Å². The van der Waals surface area contributed by atoms with E-state index in [2.05, 4.69) is 5.32 Å². The number of amides is 1. The van der Waals surface area contributed by atoms with E-state index in [1.54, 1.807) is 12.1 Å². The van der Waals surface area contributed by atoms with Gasteiger partial charge in [0.05, 0.1) is 0 Å². The molecule has 0 aliphatic rings. The summed E-state index contributed by atoms with van der Waals surface area (Å²) in [6.45, 7) is 1.43. The Balaban J connectivity index is 2.76. The lowest BCUT2D eigenvalue weighted by atomic mass is 10.0. The number of carbonyl (C=O) groups is 1. The smallest absolute Gasteiger partial charge is 0.253 e. The van der Waals surface area contributed by atoms with Gasteiger partial charge in [-0.25, -0.2) is 0 Å². The van der Waals surface area contributed by atoms with Crippen molar-refractivity contribution in [3.63, 3.8) is 0 Å². The van der Waals surface area contributed by atoms with Crippen molar-refractivity contribution in [2.24, 2.45) is 0 Å². The molecule has 3 N–H and O–H groups in total. The molecule has 0 aliphatic heterocycles. The molecule has 17 heavy (non-hydrogen) atoms. The summed E-state index contributed by atoms with van der Waals surface area (Å²) in [6, 6.07) is 7.30. The molecule has 1 aromatic rings. The van der Waals surface area contributed by atoms with Gasteiger partial charge in [0.15, 0.2) is 6.23 Å². The fraction of sp³-hybridized carbons (Fsp3) is 0.308. The second kappa shape index (κ2) is 6.81. The zero-order chi connectivity index (χ0) is 12.7. The highest BCUT2D eigenvalue weighted by Gasteiger charge is 2.12. The average molecular weight is 233 g/mol. The standard InChI is InChI=1S/C13H17N2O2/c1-10(16)15-13(17)12-8-3-2-6-11(12)7-4-5-9-14/h2-3,6,8-9,14,16H,4-5,7H2,1H3,(H,15,17). The maximum absolute atomic E-state index is 11.8. The third-order valence-corrected chi connectivity index (χ3v) is 2.35. The summed E-state index contributed by atoms with van der Waals surface area (Å²) in [6.07, 6.45) is 3.57. The van der Waals surface area contributed by atoms with Gasteiger partial charge in [-0.1, -0.05) is 18.2 Å². The van der Waals surface area contributed by atoms with Gasteiger partial charge in [-0.3, -0.25) is 4.79 Å². The van der Waals surface area contributed by atoms with E-state index in [9.17, 15) is 4.79 Å². The Morgan fingerprint density at radius 3 is 2.82 bits per heavy atom. The first-order valence-corrected chi connectivity index (χ1v) is 5.56. The zero-order valence-corrected chi connectivity index (χ0v) is 9.86. The van der Waals surface area contributed by atoms with Gasteiger partial charge in [-0.2, -0.15) is 0 Å². The van der Waals surface area contributed by atoms with Crippen molar-refractivity contribution in [1.29, 1.82) is 5.41 Å². The number of nitrogens with one attached hydrogen (secondary N) is 2. The molecule has 0 spiro atoms. The summed E-state index contributed by atoms with van der Waals surface area (Å²) in [4.78, 5) is 11.8. The molecule has 0 saturated carbocycles. The SMILES string of the molecule is C[C](O)NC(=O)c1ccccc1CCCC=N. The molecule has 0 fully saturated rings. The van der Waals surface area contributed by atoms with Gasteiger partial charge in [0, 0.05) is 5.56 Å². The lowest BCUT2D eigenvalue weighted by Crippen LogP contribution is -2.27. The zero-order valence-electron chi connectivity index (χ0n) is 9.86. The molecule has 1 rings (SSSR count). The van der Waals surface area contributed by atoms with E-state index in [0.717, 1.165) is 18.4 Å². The predicted molar refractivity (Wildman–Crippen MR) is 66.5 cm³/mol. The Morgan fingerprint density at radius 2 is 2.18 bits per heavy atom. The molecule has 1 radical (unpaired) electrons. The van der Waals surface area contributed by atoms with Gasteiger partial charge in [0.1, 0.15) is 0 Å². The largest absolute Gasteiger partial charge is 0.367 e. The highest BCUT2D eigenvalue weighted by atomic mass is 16.3. The van der Waals surface area contributed by atoms with Crippen molar-refractivity contribution in [3.05, 3.63) is 41.6 Å². The topological polar surface area (TPSA) is 73.2 Å². The van der Waals surface area contributed by atoms with E-state index in [-0.39, 0.29) is 12.1 Å². The molecule has 0 unspecified atom stereocenters. The van der Waals surface area contributed by atoms with E-state index < -0.39 is 0 Å². The molecule has 4 heteroatoms. The second-order valence-corrected chi connectivity index (χ2v) is 3.79. The van der Waals surface area contributed by atoms with Gasteiger partial charge < -0.3 is 15.8 Å². The lowest BCUT2D eigenvalue weighted by molar-refractivity contribution is 0.0917. The van der Waals surface area contributed by atoms with Crippen LogP contribution >= 0.6 is 0 Å². The van der Waals surface area contributed by atoms with Crippen molar-refractivity contribution < 1.29 is 9.90 Å². The Hall–Kier alpha value is -1.68. The first-order chi connectivity index (χ1) is 8.15. The number of hydrogen-bond acceptors (Lipinski definition) is 3. The Labute approximate surface area is 101 Å². The normalized spacial score (nSPS) is 10.3. The van der Waals surface area contributed by atoms with Crippen LogP contribution in [0.2, 0.25) is 0 Å². The van der Waals surface area contributed by atoms with Crippen molar-refractivity contribution in [1.82, 2.24) is 5.32 Å². The summed E-state index contributed by atoms with van der Waals surface area (Å²) >= 11 is 0. The molecular weight excluding hydrogens is 216 g/mol. The van der Waals surface area contributed by atoms with Crippen LogP contribution in [0, 0.1) is 11.6 Å². The number of unbranched alkanes of at least 4 members (excludes halogenated alkanes) is 1. The average Bonchev–Trinajstić information content (AvgIpc) is 2.29. The number of carbonyl (C=O) groups excluding carboxylic acids is 1. The lowest BCUT2D eigenvalue weighted by Gasteiger charge is -2.10. The highest BCUT2D eigenvalue weighted by Crippen LogP contribution is 2.12. The molecule has 1 amide bonds. The van der Waals surface area contributed by atoms with E-state index in [4.69, 9.17) is 10.5 Å². The monoisotopic (exact) mass is 233 g/mol. The molecule has 0 aliphatic carbocycles. The molecule has 1 aromatic carbocycles. The van der Waals surface area contributed by atoms with E-state index in [0.29, 0.717) is 12.0 Å². The molecule has 0 atom stereocenters. The van der Waals surface area contributed by atoms with Crippen molar-refractivity contribution in [2.75, 3.05) is 0 Å². The summed E-state index contributed by atoms with van der Waals surface area (Å²) in [5.74, 6) is -0.296. The maximum atomic E-state index is 11.8. The molecule has 0 aromatic heterocycles. The fourth-order valence-corrected chi connectivity index (χ4v) is 1.59. The third kappa shape index (κ3) is 4.36. The van der Waals surface area contributed by atoms with E-state index in [1.807, 2.05) is 12.1 Å². The minimum Gasteiger partial charge on any atom is -0.367 e. The fourth-order valence-electron chi connectivity index (χ4n) is 1.59.